The van der Waals surface area contributed by atoms with Gasteiger partial charge in [0.05, 0.1) is 0 Å². The number of anilines is 1. The lowest BCUT2D eigenvalue weighted by atomic mass is 10.1. The molecule has 0 saturated carbocycles. The second-order valence-corrected chi connectivity index (χ2v) is 7.03. The molecule has 0 atom stereocenters. The van der Waals surface area contributed by atoms with Crippen LogP contribution in [0, 0.1) is 0 Å². The summed E-state index contributed by atoms with van der Waals surface area (Å²) < 4.78 is 0. The summed E-state index contributed by atoms with van der Waals surface area (Å²) in [6.45, 7) is 7.57. The van der Waals surface area contributed by atoms with E-state index in [0.717, 1.165) is 30.1 Å². The van der Waals surface area contributed by atoms with Gasteiger partial charge in [0.15, 0.2) is 0 Å². The van der Waals surface area contributed by atoms with E-state index in [1.54, 1.807) is 17.8 Å². The van der Waals surface area contributed by atoms with Crippen LogP contribution in [0.2, 0.25) is 0 Å². The zero-order valence-corrected chi connectivity index (χ0v) is 16.9. The molecular weight excluding hydrogens is 358 g/mol. The van der Waals surface area contributed by atoms with Gasteiger partial charge < -0.3 is 10.6 Å². The molecule has 2 N–H and O–H groups in total. The number of carbonyl (C=O) groups excluding carboxylic acids is 2. The fourth-order valence-electron chi connectivity index (χ4n) is 2.62. The Balaban J connectivity index is 1.84. The summed E-state index contributed by atoms with van der Waals surface area (Å²) in [6, 6.07) is 15.5. The Morgan fingerprint density at radius 3 is 2.26 bits per heavy atom. The lowest BCUT2D eigenvalue weighted by Crippen LogP contribution is -2.34. The molecule has 0 aliphatic rings. The normalized spacial score (nSPS) is 10.7. The zero-order valence-electron chi connectivity index (χ0n) is 16.1. The van der Waals surface area contributed by atoms with Crippen LogP contribution in [-0.2, 0) is 22.7 Å². The van der Waals surface area contributed by atoms with E-state index in [-0.39, 0.29) is 0 Å². The third-order valence-corrected chi connectivity index (χ3v) is 5.04. The van der Waals surface area contributed by atoms with E-state index in [4.69, 9.17) is 0 Å². The highest BCUT2D eigenvalue weighted by atomic mass is 32.2. The molecule has 2 aromatic rings. The first-order valence-electron chi connectivity index (χ1n) is 9.09. The van der Waals surface area contributed by atoms with E-state index in [9.17, 15) is 9.59 Å². The molecule has 2 aromatic carbocycles. The summed E-state index contributed by atoms with van der Waals surface area (Å²) in [7, 11) is 0. The maximum Gasteiger partial charge on any atom is 0.313 e. The lowest BCUT2D eigenvalue weighted by Gasteiger charge is -2.18. The molecule has 0 heterocycles. The minimum absolute atomic E-state index is 0.322. The van der Waals surface area contributed by atoms with Crippen LogP contribution >= 0.6 is 11.8 Å². The summed E-state index contributed by atoms with van der Waals surface area (Å²) >= 11 is 1.58. The van der Waals surface area contributed by atoms with Crippen LogP contribution in [0.4, 0.5) is 5.69 Å². The number of nitrogens with one attached hydrogen (secondary N) is 2. The summed E-state index contributed by atoms with van der Waals surface area (Å²) in [6.07, 6.45) is 1.96. The molecule has 6 heteroatoms. The van der Waals surface area contributed by atoms with E-state index in [1.165, 1.54) is 5.56 Å². The predicted octanol–water partition coefficient (Wildman–Crippen LogP) is 3.51. The van der Waals surface area contributed by atoms with Crippen LogP contribution in [0.25, 0.3) is 0 Å². The number of thioether (sulfide) groups is 1. The van der Waals surface area contributed by atoms with Crippen molar-refractivity contribution in [2.45, 2.75) is 31.8 Å². The molecule has 0 aromatic heterocycles. The second kappa shape index (κ2) is 10.7. The molecule has 5 nitrogen and oxygen atoms in total. The summed E-state index contributed by atoms with van der Waals surface area (Å²) in [5, 5.41) is 5.29. The van der Waals surface area contributed by atoms with Gasteiger partial charge in [-0.15, -0.1) is 11.8 Å². The summed E-state index contributed by atoms with van der Waals surface area (Å²) in [4.78, 5) is 27.4. The topological polar surface area (TPSA) is 61.4 Å². The minimum Gasteiger partial charge on any atom is -0.344 e. The van der Waals surface area contributed by atoms with E-state index < -0.39 is 11.8 Å². The zero-order chi connectivity index (χ0) is 19.6. The predicted molar refractivity (Wildman–Crippen MR) is 112 cm³/mol. The van der Waals surface area contributed by atoms with Crippen molar-refractivity contribution in [3.8, 4) is 0 Å². The van der Waals surface area contributed by atoms with Gasteiger partial charge in [0, 0.05) is 23.7 Å². The third-order valence-electron chi connectivity index (χ3n) is 4.31. The Kier molecular flexibility index (Phi) is 8.36. The SMILES string of the molecule is CCN(CC)Cc1ccc(CNC(=O)C(=O)Nc2cccc(SC)c2)cc1. The fraction of sp³-hybridized carbons (Fsp3) is 0.333. The van der Waals surface area contributed by atoms with Crippen molar-refractivity contribution >= 4 is 29.3 Å². The minimum atomic E-state index is -0.661. The van der Waals surface area contributed by atoms with Gasteiger partial charge >= 0.3 is 11.8 Å². The van der Waals surface area contributed by atoms with E-state index in [1.807, 2.05) is 36.6 Å². The van der Waals surface area contributed by atoms with Crippen molar-refractivity contribution in [3.63, 3.8) is 0 Å². The number of nitrogens with zero attached hydrogens (tertiary/aromatic N) is 1. The average molecular weight is 386 g/mol. The van der Waals surface area contributed by atoms with Gasteiger partial charge in [-0.3, -0.25) is 14.5 Å². The van der Waals surface area contributed by atoms with Crippen molar-refractivity contribution < 1.29 is 9.59 Å². The lowest BCUT2D eigenvalue weighted by molar-refractivity contribution is -0.136. The summed E-state index contributed by atoms with van der Waals surface area (Å²) in [5.41, 5.74) is 2.81. The first kappa shape index (κ1) is 21.0. The van der Waals surface area contributed by atoms with Crippen LogP contribution in [0.1, 0.15) is 25.0 Å². The molecule has 0 spiro atoms. The number of amides is 2. The number of rotatable bonds is 8. The standard InChI is InChI=1S/C21H27N3O2S/c1-4-24(5-2)15-17-11-9-16(10-12-17)14-22-20(25)21(26)23-18-7-6-8-19(13-18)27-3/h6-13H,4-5,14-15H2,1-3H3,(H,22,25)(H,23,26). The number of hydrogen-bond acceptors (Lipinski definition) is 4. The van der Waals surface area contributed by atoms with E-state index in [0.29, 0.717) is 12.2 Å². The molecule has 2 rings (SSSR count). The monoisotopic (exact) mass is 385 g/mol. The molecular formula is C21H27N3O2S. The van der Waals surface area contributed by atoms with Crippen LogP contribution in [0.15, 0.2) is 53.4 Å². The maximum atomic E-state index is 12.0. The fourth-order valence-corrected chi connectivity index (χ4v) is 3.08. The molecule has 0 saturated heterocycles. The highest BCUT2D eigenvalue weighted by molar-refractivity contribution is 7.98. The Morgan fingerprint density at radius 2 is 1.63 bits per heavy atom. The molecule has 2 amide bonds. The molecule has 0 aliphatic heterocycles. The maximum absolute atomic E-state index is 12.0. The Labute approximate surface area is 165 Å². The number of hydrogen-bond donors (Lipinski definition) is 2. The van der Waals surface area contributed by atoms with Gasteiger partial charge in [-0.25, -0.2) is 0 Å². The van der Waals surface area contributed by atoms with Crippen molar-refractivity contribution in [1.82, 2.24) is 10.2 Å². The van der Waals surface area contributed by atoms with Gasteiger partial charge in [-0.05, 0) is 48.7 Å². The Hall–Kier alpha value is -2.31. The highest BCUT2D eigenvalue weighted by Crippen LogP contribution is 2.18. The Morgan fingerprint density at radius 1 is 0.963 bits per heavy atom. The van der Waals surface area contributed by atoms with Crippen LogP contribution in [0.5, 0.6) is 0 Å². The number of benzene rings is 2. The van der Waals surface area contributed by atoms with Gasteiger partial charge in [0.2, 0.25) is 0 Å². The number of carbonyl (C=O) groups is 2. The van der Waals surface area contributed by atoms with Crippen LogP contribution in [-0.4, -0.2) is 36.1 Å². The molecule has 0 bridgehead atoms. The van der Waals surface area contributed by atoms with Gasteiger partial charge in [0.25, 0.3) is 0 Å². The van der Waals surface area contributed by atoms with Gasteiger partial charge in [-0.2, -0.15) is 0 Å². The first-order chi connectivity index (χ1) is 13.0. The van der Waals surface area contributed by atoms with Gasteiger partial charge in [0.1, 0.15) is 0 Å². The smallest absolute Gasteiger partial charge is 0.313 e. The largest absolute Gasteiger partial charge is 0.344 e. The highest BCUT2D eigenvalue weighted by Gasteiger charge is 2.13. The van der Waals surface area contributed by atoms with Crippen molar-refractivity contribution in [2.24, 2.45) is 0 Å². The van der Waals surface area contributed by atoms with E-state index in [2.05, 4.69) is 41.5 Å². The van der Waals surface area contributed by atoms with Crippen molar-refractivity contribution in [3.05, 3.63) is 59.7 Å². The van der Waals surface area contributed by atoms with Crippen molar-refractivity contribution in [2.75, 3.05) is 24.7 Å². The molecule has 0 radical (unpaired) electrons. The molecule has 144 valence electrons. The van der Waals surface area contributed by atoms with Crippen LogP contribution < -0.4 is 10.6 Å². The Bertz CT molecular complexity index is 758. The van der Waals surface area contributed by atoms with Gasteiger partial charge in [-0.1, -0.05) is 44.2 Å². The molecule has 0 unspecified atom stereocenters. The third kappa shape index (κ3) is 6.73. The van der Waals surface area contributed by atoms with Crippen molar-refractivity contribution in [1.29, 1.82) is 0 Å². The van der Waals surface area contributed by atoms with E-state index >= 15 is 0 Å². The average Bonchev–Trinajstić information content (AvgIpc) is 2.71. The quantitative estimate of drug-likeness (QED) is 0.539. The molecule has 27 heavy (non-hydrogen) atoms. The summed E-state index contributed by atoms with van der Waals surface area (Å²) in [5.74, 6) is -1.30. The molecule has 0 fully saturated rings. The first-order valence-corrected chi connectivity index (χ1v) is 10.3. The molecule has 0 aliphatic carbocycles. The van der Waals surface area contributed by atoms with Crippen LogP contribution in [0.3, 0.4) is 0 Å². The second-order valence-electron chi connectivity index (χ2n) is 6.15.